The molecule has 0 atom stereocenters. The molecule has 1 saturated heterocycles. The molecule has 0 aromatic heterocycles. The van der Waals surface area contributed by atoms with Crippen LogP contribution in [0.4, 0.5) is 10.1 Å². The highest BCUT2D eigenvalue weighted by molar-refractivity contribution is 5.95. The quantitative estimate of drug-likeness (QED) is 0.791. The average Bonchev–Trinajstić information content (AvgIpc) is 2.60. The van der Waals surface area contributed by atoms with Gasteiger partial charge in [0.2, 0.25) is 0 Å². The van der Waals surface area contributed by atoms with Crippen molar-refractivity contribution in [3.05, 3.63) is 64.5 Å². The van der Waals surface area contributed by atoms with Gasteiger partial charge >= 0.3 is 0 Å². The molecule has 2 aromatic carbocycles. The molecule has 1 heterocycles. The maximum Gasteiger partial charge on any atom is 0.253 e. The van der Waals surface area contributed by atoms with E-state index in [9.17, 15) is 14.0 Å². The molecule has 0 N–H and O–H groups in total. The zero-order valence-electron chi connectivity index (χ0n) is 15.4. The first-order chi connectivity index (χ1) is 12.3. The first kappa shape index (κ1) is 18.1. The summed E-state index contributed by atoms with van der Waals surface area (Å²) in [4.78, 5) is 27.8. The lowest BCUT2D eigenvalue weighted by Crippen LogP contribution is -2.49. The summed E-state index contributed by atoms with van der Waals surface area (Å²) in [5.74, 6) is -0.532. The fourth-order valence-electron chi connectivity index (χ4n) is 3.41. The average molecular weight is 354 g/mol. The summed E-state index contributed by atoms with van der Waals surface area (Å²) >= 11 is 0. The van der Waals surface area contributed by atoms with Crippen LogP contribution < -0.4 is 4.90 Å². The summed E-state index contributed by atoms with van der Waals surface area (Å²) < 4.78 is 14.3. The summed E-state index contributed by atoms with van der Waals surface area (Å²) in [6, 6.07) is 10.4. The standard InChI is InChI=1S/C21H23FN2O2/c1-14-10-15(2)12-18(11-14)21(26)24-8-6-23(7-9-24)20-5-4-17(16(3)25)13-19(20)22/h4-5,10-13H,6-9H2,1-3H3. The molecule has 1 aliphatic heterocycles. The maximum atomic E-state index is 14.3. The maximum absolute atomic E-state index is 14.3. The Labute approximate surface area is 153 Å². The van der Waals surface area contributed by atoms with E-state index in [0.29, 0.717) is 43.0 Å². The predicted octanol–water partition coefficient (Wildman–Crippen LogP) is 3.61. The van der Waals surface area contributed by atoms with Crippen LogP contribution in [0.15, 0.2) is 36.4 Å². The number of halogens is 1. The van der Waals surface area contributed by atoms with Crippen LogP contribution >= 0.6 is 0 Å². The summed E-state index contributed by atoms with van der Waals surface area (Å²) in [7, 11) is 0. The van der Waals surface area contributed by atoms with Gasteiger partial charge in [0.25, 0.3) is 5.91 Å². The molecule has 3 rings (SSSR count). The Kier molecular flexibility index (Phi) is 5.07. The molecule has 0 radical (unpaired) electrons. The molecule has 2 aromatic rings. The van der Waals surface area contributed by atoms with E-state index in [1.54, 1.807) is 12.1 Å². The van der Waals surface area contributed by atoms with E-state index in [0.717, 1.165) is 11.1 Å². The number of hydrogen-bond acceptors (Lipinski definition) is 3. The minimum absolute atomic E-state index is 0.0175. The van der Waals surface area contributed by atoms with Gasteiger partial charge in [-0.2, -0.15) is 0 Å². The van der Waals surface area contributed by atoms with Crippen molar-refractivity contribution in [2.24, 2.45) is 0 Å². The Bertz CT molecular complexity index is 835. The highest BCUT2D eigenvalue weighted by atomic mass is 19.1. The number of nitrogens with zero attached hydrogens (tertiary/aromatic N) is 2. The van der Waals surface area contributed by atoms with E-state index >= 15 is 0 Å². The van der Waals surface area contributed by atoms with Crippen molar-refractivity contribution in [2.45, 2.75) is 20.8 Å². The van der Waals surface area contributed by atoms with Gasteiger partial charge in [-0.1, -0.05) is 17.2 Å². The summed E-state index contributed by atoms with van der Waals surface area (Å²) in [6.45, 7) is 7.59. The number of aryl methyl sites for hydroxylation is 2. The number of carbonyl (C=O) groups excluding carboxylic acids is 2. The van der Waals surface area contributed by atoms with Crippen molar-refractivity contribution in [1.29, 1.82) is 0 Å². The Morgan fingerprint density at radius 1 is 0.885 bits per heavy atom. The largest absolute Gasteiger partial charge is 0.366 e. The number of piperazine rings is 1. The van der Waals surface area contributed by atoms with Crippen molar-refractivity contribution in [3.63, 3.8) is 0 Å². The Morgan fingerprint density at radius 3 is 2.04 bits per heavy atom. The molecule has 1 aliphatic rings. The Morgan fingerprint density at radius 2 is 1.50 bits per heavy atom. The van der Waals surface area contributed by atoms with Crippen LogP contribution in [0, 0.1) is 19.7 Å². The molecule has 136 valence electrons. The molecule has 0 saturated carbocycles. The number of carbonyl (C=O) groups is 2. The molecule has 0 bridgehead atoms. The van der Waals surface area contributed by atoms with Gasteiger partial charge in [-0.3, -0.25) is 9.59 Å². The minimum Gasteiger partial charge on any atom is -0.366 e. The molecule has 0 aliphatic carbocycles. The SMILES string of the molecule is CC(=O)c1ccc(N2CCN(C(=O)c3cc(C)cc(C)c3)CC2)c(F)c1. The van der Waals surface area contributed by atoms with Crippen LogP contribution in [0.5, 0.6) is 0 Å². The van der Waals surface area contributed by atoms with Crippen molar-refractivity contribution >= 4 is 17.4 Å². The summed E-state index contributed by atoms with van der Waals surface area (Å²) in [5, 5.41) is 0. The zero-order chi connectivity index (χ0) is 18.8. The van der Waals surface area contributed by atoms with Crippen molar-refractivity contribution in [1.82, 2.24) is 4.90 Å². The minimum atomic E-state index is -0.396. The number of amides is 1. The van der Waals surface area contributed by atoms with Gasteiger partial charge in [0.15, 0.2) is 5.78 Å². The smallest absolute Gasteiger partial charge is 0.253 e. The van der Waals surface area contributed by atoms with Crippen molar-refractivity contribution in [3.8, 4) is 0 Å². The van der Waals surface area contributed by atoms with Crippen molar-refractivity contribution < 1.29 is 14.0 Å². The fraction of sp³-hybridized carbons (Fsp3) is 0.333. The third kappa shape index (κ3) is 3.77. The van der Waals surface area contributed by atoms with Crippen LogP contribution in [-0.4, -0.2) is 42.8 Å². The first-order valence-electron chi connectivity index (χ1n) is 8.78. The van der Waals surface area contributed by atoms with Gasteiger partial charge in [0, 0.05) is 37.3 Å². The lowest BCUT2D eigenvalue weighted by molar-refractivity contribution is 0.0746. The monoisotopic (exact) mass is 354 g/mol. The molecular formula is C21H23FN2O2. The van der Waals surface area contributed by atoms with E-state index < -0.39 is 5.82 Å². The molecule has 0 unspecified atom stereocenters. The summed E-state index contributed by atoms with van der Waals surface area (Å²) in [6.07, 6.45) is 0. The third-order valence-electron chi connectivity index (χ3n) is 4.73. The number of Topliss-reactive ketones (excluding diaryl/α,β-unsaturated/α-hetero) is 1. The summed E-state index contributed by atoms with van der Waals surface area (Å²) in [5.41, 5.74) is 3.69. The zero-order valence-corrected chi connectivity index (χ0v) is 15.4. The predicted molar refractivity (Wildman–Crippen MR) is 100 cm³/mol. The topological polar surface area (TPSA) is 40.6 Å². The molecule has 26 heavy (non-hydrogen) atoms. The molecule has 0 spiro atoms. The Hall–Kier alpha value is -2.69. The number of benzene rings is 2. The van der Waals surface area contributed by atoms with E-state index in [1.807, 2.05) is 41.8 Å². The molecule has 1 amide bonds. The van der Waals surface area contributed by atoms with Gasteiger partial charge < -0.3 is 9.80 Å². The van der Waals surface area contributed by atoms with Crippen LogP contribution in [0.3, 0.4) is 0 Å². The number of rotatable bonds is 3. The van der Waals surface area contributed by atoms with Gasteiger partial charge in [0.1, 0.15) is 5.82 Å². The van der Waals surface area contributed by atoms with Crippen molar-refractivity contribution in [2.75, 3.05) is 31.1 Å². The lowest BCUT2D eigenvalue weighted by Gasteiger charge is -2.36. The van der Waals surface area contributed by atoms with Gasteiger partial charge in [0.05, 0.1) is 5.69 Å². The Balaban J connectivity index is 1.69. The fourth-order valence-corrected chi connectivity index (χ4v) is 3.41. The lowest BCUT2D eigenvalue weighted by atomic mass is 10.1. The number of ketones is 1. The second-order valence-corrected chi connectivity index (χ2v) is 6.88. The molecule has 5 heteroatoms. The first-order valence-corrected chi connectivity index (χ1v) is 8.78. The highest BCUT2D eigenvalue weighted by Crippen LogP contribution is 2.23. The van der Waals surface area contributed by atoms with Crippen LogP contribution in [-0.2, 0) is 0 Å². The van der Waals surface area contributed by atoms with Gasteiger partial charge in [-0.25, -0.2) is 4.39 Å². The van der Waals surface area contributed by atoms with E-state index in [1.165, 1.54) is 13.0 Å². The van der Waals surface area contributed by atoms with Crippen LogP contribution in [0.25, 0.3) is 0 Å². The van der Waals surface area contributed by atoms with Crippen LogP contribution in [0.2, 0.25) is 0 Å². The molecule has 4 nitrogen and oxygen atoms in total. The van der Waals surface area contributed by atoms with E-state index in [2.05, 4.69) is 0 Å². The van der Waals surface area contributed by atoms with Gasteiger partial charge in [-0.05, 0) is 51.1 Å². The third-order valence-corrected chi connectivity index (χ3v) is 4.73. The van der Waals surface area contributed by atoms with Gasteiger partial charge in [-0.15, -0.1) is 0 Å². The molecular weight excluding hydrogens is 331 g/mol. The second-order valence-electron chi connectivity index (χ2n) is 6.88. The molecule has 1 fully saturated rings. The number of anilines is 1. The second kappa shape index (κ2) is 7.28. The highest BCUT2D eigenvalue weighted by Gasteiger charge is 2.24. The van der Waals surface area contributed by atoms with Crippen LogP contribution in [0.1, 0.15) is 38.8 Å². The normalized spacial score (nSPS) is 14.5. The van der Waals surface area contributed by atoms with E-state index in [-0.39, 0.29) is 11.7 Å². The van der Waals surface area contributed by atoms with E-state index in [4.69, 9.17) is 0 Å². The number of hydrogen-bond donors (Lipinski definition) is 0.